The third-order valence-corrected chi connectivity index (χ3v) is 10.2. The van der Waals surface area contributed by atoms with Crippen LogP contribution in [-0.2, 0) is 32.6 Å². The molecule has 0 spiro atoms. The van der Waals surface area contributed by atoms with E-state index in [4.69, 9.17) is 32.7 Å². The highest BCUT2D eigenvalue weighted by Crippen LogP contribution is 2.36. The maximum atomic E-state index is 14.6. The lowest BCUT2D eigenvalue weighted by Crippen LogP contribution is -2.53. The molecule has 5 rings (SSSR count). The van der Waals surface area contributed by atoms with E-state index in [-0.39, 0.29) is 40.4 Å². The maximum Gasteiger partial charge on any atom is 0.264 e. The Bertz CT molecular complexity index is 1840. The molecule has 48 heavy (non-hydrogen) atoms. The van der Waals surface area contributed by atoms with Gasteiger partial charge in [0.2, 0.25) is 11.8 Å². The van der Waals surface area contributed by atoms with Crippen LogP contribution in [0, 0.1) is 5.92 Å². The predicted molar refractivity (Wildman–Crippen MR) is 187 cm³/mol. The van der Waals surface area contributed by atoms with Crippen LogP contribution >= 0.6 is 23.2 Å². The van der Waals surface area contributed by atoms with E-state index < -0.39 is 28.5 Å². The number of ether oxygens (including phenoxy) is 2. The Morgan fingerprint density at radius 1 is 0.812 bits per heavy atom. The Hall–Kier alpha value is -4.25. The molecule has 2 amide bonds. The highest BCUT2D eigenvalue weighted by Gasteiger charge is 2.35. The summed E-state index contributed by atoms with van der Waals surface area (Å²) in [4.78, 5) is 30.0. The Kier molecular flexibility index (Phi) is 11.5. The third kappa shape index (κ3) is 8.61. The van der Waals surface area contributed by atoms with Crippen molar-refractivity contribution in [3.63, 3.8) is 0 Å². The SMILES string of the molecule is CC(C)CNC(=O)[C@H](Cc1ccccc1)N(Cc1ccc(Cl)c(Cl)c1)C(=O)CN(c1ccc2c(c1)OCCO2)S(=O)(=O)c1ccccc1. The minimum Gasteiger partial charge on any atom is -0.486 e. The van der Waals surface area contributed by atoms with E-state index in [9.17, 15) is 18.0 Å². The first-order chi connectivity index (χ1) is 23.0. The number of fused-ring (bicyclic) bond motifs is 1. The zero-order valence-corrected chi connectivity index (χ0v) is 29.0. The van der Waals surface area contributed by atoms with Gasteiger partial charge < -0.3 is 19.7 Å². The van der Waals surface area contributed by atoms with E-state index in [0.29, 0.717) is 41.8 Å². The van der Waals surface area contributed by atoms with Gasteiger partial charge in [0.25, 0.3) is 10.0 Å². The summed E-state index contributed by atoms with van der Waals surface area (Å²) >= 11 is 12.6. The molecule has 0 radical (unpaired) electrons. The van der Waals surface area contributed by atoms with Crippen molar-refractivity contribution in [1.29, 1.82) is 0 Å². The summed E-state index contributed by atoms with van der Waals surface area (Å²) in [6, 6.07) is 25.9. The second-order valence-corrected chi connectivity index (χ2v) is 14.4. The van der Waals surface area contributed by atoms with Gasteiger partial charge in [0.15, 0.2) is 11.5 Å². The van der Waals surface area contributed by atoms with Gasteiger partial charge in [0.1, 0.15) is 25.8 Å². The summed E-state index contributed by atoms with van der Waals surface area (Å²) in [6.07, 6.45) is 0.188. The molecule has 1 aliphatic rings. The monoisotopic (exact) mass is 709 g/mol. The Morgan fingerprint density at radius 3 is 2.15 bits per heavy atom. The third-order valence-electron chi connectivity index (χ3n) is 7.72. The average molecular weight is 711 g/mol. The van der Waals surface area contributed by atoms with Crippen LogP contribution in [0.5, 0.6) is 11.5 Å². The molecule has 0 aromatic heterocycles. The minimum atomic E-state index is -4.27. The first-order valence-corrected chi connectivity index (χ1v) is 17.7. The number of sulfonamides is 1. The molecular weight excluding hydrogens is 673 g/mol. The van der Waals surface area contributed by atoms with Crippen molar-refractivity contribution in [2.45, 2.75) is 37.8 Å². The van der Waals surface area contributed by atoms with Gasteiger partial charge in [-0.1, -0.05) is 91.6 Å². The van der Waals surface area contributed by atoms with Crippen LogP contribution in [0.25, 0.3) is 0 Å². The fourth-order valence-electron chi connectivity index (χ4n) is 5.25. The number of benzene rings is 4. The molecule has 0 saturated carbocycles. The molecule has 0 unspecified atom stereocenters. The second-order valence-electron chi connectivity index (χ2n) is 11.8. The van der Waals surface area contributed by atoms with Crippen LogP contribution in [-0.4, -0.2) is 57.5 Å². The molecule has 1 aliphatic heterocycles. The zero-order chi connectivity index (χ0) is 34.3. The number of amides is 2. The normalized spacial score (nSPS) is 13.1. The summed E-state index contributed by atoms with van der Waals surface area (Å²) in [5.41, 5.74) is 1.65. The Labute approximate surface area is 291 Å². The van der Waals surface area contributed by atoms with Crippen molar-refractivity contribution in [3.05, 3.63) is 118 Å². The van der Waals surface area contributed by atoms with Crippen LogP contribution < -0.4 is 19.1 Å². The molecule has 0 aliphatic carbocycles. The molecule has 1 heterocycles. The summed E-state index contributed by atoms with van der Waals surface area (Å²) < 4.78 is 40.9. The predicted octanol–water partition coefficient (Wildman–Crippen LogP) is 6.37. The van der Waals surface area contributed by atoms with Crippen LogP contribution in [0.2, 0.25) is 10.0 Å². The number of carbonyl (C=O) groups excluding carboxylic acids is 2. The molecule has 4 aromatic rings. The van der Waals surface area contributed by atoms with Gasteiger partial charge in [0.05, 0.1) is 20.6 Å². The molecule has 4 aromatic carbocycles. The van der Waals surface area contributed by atoms with Crippen molar-refractivity contribution < 1.29 is 27.5 Å². The van der Waals surface area contributed by atoms with Gasteiger partial charge in [-0.15, -0.1) is 0 Å². The molecule has 1 N–H and O–H groups in total. The minimum absolute atomic E-state index is 0.000709. The number of nitrogens with one attached hydrogen (secondary N) is 1. The van der Waals surface area contributed by atoms with Crippen LogP contribution in [0.3, 0.4) is 0 Å². The molecule has 0 fully saturated rings. The van der Waals surface area contributed by atoms with Gasteiger partial charge in [-0.25, -0.2) is 8.42 Å². The van der Waals surface area contributed by atoms with E-state index in [1.165, 1.54) is 17.0 Å². The average Bonchev–Trinajstić information content (AvgIpc) is 3.09. The van der Waals surface area contributed by atoms with E-state index in [1.54, 1.807) is 54.6 Å². The topological polar surface area (TPSA) is 105 Å². The van der Waals surface area contributed by atoms with Crippen LogP contribution in [0.1, 0.15) is 25.0 Å². The van der Waals surface area contributed by atoms with Gasteiger partial charge in [-0.3, -0.25) is 13.9 Å². The first-order valence-electron chi connectivity index (χ1n) is 15.6. The van der Waals surface area contributed by atoms with Crippen molar-refractivity contribution in [3.8, 4) is 11.5 Å². The zero-order valence-electron chi connectivity index (χ0n) is 26.6. The van der Waals surface area contributed by atoms with Gasteiger partial charge in [0, 0.05) is 25.6 Å². The van der Waals surface area contributed by atoms with Crippen molar-refractivity contribution in [2.24, 2.45) is 5.92 Å². The molecule has 9 nitrogen and oxygen atoms in total. The molecule has 252 valence electrons. The lowest BCUT2D eigenvalue weighted by Gasteiger charge is -2.34. The van der Waals surface area contributed by atoms with Gasteiger partial charge >= 0.3 is 0 Å². The van der Waals surface area contributed by atoms with Crippen molar-refractivity contribution >= 4 is 50.7 Å². The van der Waals surface area contributed by atoms with E-state index >= 15 is 0 Å². The molecule has 0 bridgehead atoms. The fourth-order valence-corrected chi connectivity index (χ4v) is 6.99. The van der Waals surface area contributed by atoms with Crippen LogP contribution in [0.15, 0.2) is 102 Å². The summed E-state index contributed by atoms with van der Waals surface area (Å²) in [5.74, 6) is 0.0302. The molecular formula is C36H37Cl2N3O6S. The largest absolute Gasteiger partial charge is 0.486 e. The highest BCUT2D eigenvalue weighted by molar-refractivity contribution is 7.92. The van der Waals surface area contributed by atoms with Crippen molar-refractivity contribution in [1.82, 2.24) is 10.2 Å². The molecule has 1 atom stereocenters. The highest BCUT2D eigenvalue weighted by atomic mass is 35.5. The Morgan fingerprint density at radius 2 is 1.48 bits per heavy atom. The smallest absolute Gasteiger partial charge is 0.264 e. The number of halogens is 2. The fraction of sp³-hybridized carbons (Fsp3) is 0.278. The quantitative estimate of drug-likeness (QED) is 0.173. The molecule has 12 heteroatoms. The number of anilines is 1. The molecule has 0 saturated heterocycles. The standard InChI is InChI=1S/C36H37Cl2N3O6S/c1-25(2)22-39-36(43)32(20-26-9-5-3-6-10-26)40(23-27-13-15-30(37)31(38)19-27)35(42)24-41(48(44,45)29-11-7-4-8-12-29)28-14-16-33-34(21-28)47-18-17-46-33/h3-16,19,21,25,32H,17-18,20,22-24H2,1-2H3,(H,39,43)/t32-/m0/s1. The first kappa shape index (κ1) is 35.1. The maximum absolute atomic E-state index is 14.6. The number of rotatable bonds is 13. The van der Waals surface area contributed by atoms with Crippen molar-refractivity contribution in [2.75, 3.05) is 30.6 Å². The second kappa shape index (κ2) is 15.8. The summed E-state index contributed by atoms with van der Waals surface area (Å²) in [7, 11) is -4.27. The number of hydrogen-bond donors (Lipinski definition) is 1. The van der Waals surface area contributed by atoms with E-state index in [1.807, 2.05) is 44.2 Å². The van der Waals surface area contributed by atoms with Gasteiger partial charge in [-0.2, -0.15) is 0 Å². The summed E-state index contributed by atoms with van der Waals surface area (Å²) in [5, 5.41) is 3.60. The number of hydrogen-bond acceptors (Lipinski definition) is 6. The number of carbonyl (C=O) groups is 2. The Balaban J connectivity index is 1.59. The van der Waals surface area contributed by atoms with E-state index in [2.05, 4.69) is 5.32 Å². The lowest BCUT2D eigenvalue weighted by atomic mass is 10.0. The summed E-state index contributed by atoms with van der Waals surface area (Å²) in [6.45, 7) is 4.36. The van der Waals surface area contributed by atoms with E-state index in [0.717, 1.165) is 9.87 Å². The lowest BCUT2D eigenvalue weighted by molar-refractivity contribution is -0.140. The van der Waals surface area contributed by atoms with Gasteiger partial charge in [-0.05, 0) is 53.4 Å². The van der Waals surface area contributed by atoms with Crippen LogP contribution in [0.4, 0.5) is 5.69 Å². The number of nitrogens with zero attached hydrogens (tertiary/aromatic N) is 2.